The Morgan fingerprint density at radius 1 is 1.00 bits per heavy atom. The highest BCUT2D eigenvalue weighted by molar-refractivity contribution is 7.12. The normalized spacial score (nSPS) is 15.4. The van der Waals surface area contributed by atoms with Gasteiger partial charge >= 0.3 is 23.6 Å². The molecule has 4 heterocycles. The van der Waals surface area contributed by atoms with Crippen molar-refractivity contribution in [3.8, 4) is 0 Å². The van der Waals surface area contributed by atoms with Crippen molar-refractivity contribution in [2.24, 2.45) is 0 Å². The van der Waals surface area contributed by atoms with Gasteiger partial charge in [-0.1, -0.05) is 24.3 Å². The molecular weight excluding hydrogens is 524 g/mol. The van der Waals surface area contributed by atoms with Gasteiger partial charge in [0.15, 0.2) is 0 Å². The maximum atomic E-state index is 14.4. The lowest BCUT2D eigenvalue weighted by molar-refractivity contribution is -0.658. The van der Waals surface area contributed by atoms with Crippen molar-refractivity contribution >= 4 is 33.9 Å². The van der Waals surface area contributed by atoms with Crippen molar-refractivity contribution in [3.63, 3.8) is 0 Å². The number of nitrogens with one attached hydrogen (secondary N) is 4. The molecule has 7 nitrogen and oxygen atoms in total. The molecule has 1 aliphatic rings. The number of anilines is 1. The standard InChI is InChI=1S/C23H17F6N5O2S/c1-11-12(13-5-2-3-6-14(13)30-11)8-9-34-18-16(19(35)32-20(34)36)21(22(24,25)26,23(27,28)29)33-17(31-18)15-7-4-10-37-15/h2-7,10,30H,8-9H2,1H3,(H,31,33)(H,32,35,36)/p+1. The van der Waals surface area contributed by atoms with Crippen LogP contribution in [0.2, 0.25) is 0 Å². The SMILES string of the molecule is Cc1[nH]c2ccccc2c1CCn1c2c(c(=O)[nH]c1=O)C(C(F)(F)F)(C(F)(F)F)[NH+]=C(c1cccs1)N2. The van der Waals surface area contributed by atoms with E-state index in [1.54, 1.807) is 24.0 Å². The lowest BCUT2D eigenvalue weighted by Crippen LogP contribution is -2.97. The minimum absolute atomic E-state index is 0.0234. The van der Waals surface area contributed by atoms with Gasteiger partial charge in [0, 0.05) is 23.1 Å². The largest absolute Gasteiger partial charge is 0.446 e. The Morgan fingerprint density at radius 3 is 2.35 bits per heavy atom. The average Bonchev–Trinajstić information content (AvgIpc) is 3.44. The molecule has 4 N–H and O–H groups in total. The highest BCUT2D eigenvalue weighted by Gasteiger charge is 2.78. The number of aromatic nitrogens is 3. The molecule has 4 aromatic rings. The number of hydrogen-bond donors (Lipinski definition) is 4. The summed E-state index contributed by atoms with van der Waals surface area (Å²) < 4.78 is 86.9. The maximum Gasteiger partial charge on any atom is 0.446 e. The summed E-state index contributed by atoms with van der Waals surface area (Å²) in [5, 5.41) is 4.75. The third-order valence-electron chi connectivity index (χ3n) is 6.36. The van der Waals surface area contributed by atoms with E-state index in [4.69, 9.17) is 0 Å². The molecule has 14 heteroatoms. The summed E-state index contributed by atoms with van der Waals surface area (Å²) in [6.45, 7) is 1.46. The topological polar surface area (TPSA) is 96.7 Å². The van der Waals surface area contributed by atoms with Gasteiger partial charge in [-0.25, -0.2) is 15.1 Å². The summed E-state index contributed by atoms with van der Waals surface area (Å²) in [5.74, 6) is -1.50. The second-order valence-electron chi connectivity index (χ2n) is 8.51. The number of alkyl halides is 6. The Kier molecular flexibility index (Phi) is 5.62. The van der Waals surface area contributed by atoms with Gasteiger partial charge in [0.05, 0.1) is 0 Å². The lowest BCUT2D eigenvalue weighted by Gasteiger charge is -2.35. The Labute approximate surface area is 207 Å². The van der Waals surface area contributed by atoms with Gasteiger partial charge in [-0.3, -0.25) is 14.3 Å². The van der Waals surface area contributed by atoms with E-state index in [0.717, 1.165) is 33.5 Å². The molecule has 0 saturated heterocycles. The number of rotatable bonds is 4. The third kappa shape index (κ3) is 3.77. The predicted octanol–water partition coefficient (Wildman–Crippen LogP) is 2.90. The summed E-state index contributed by atoms with van der Waals surface area (Å²) in [6, 6.07) is 9.97. The third-order valence-corrected chi connectivity index (χ3v) is 7.25. The number of aryl methyl sites for hydroxylation is 2. The van der Waals surface area contributed by atoms with Crippen molar-refractivity contribution < 1.29 is 31.3 Å². The lowest BCUT2D eigenvalue weighted by atomic mass is 9.88. The Morgan fingerprint density at radius 2 is 1.70 bits per heavy atom. The van der Waals surface area contributed by atoms with Crippen LogP contribution in [0.3, 0.4) is 0 Å². The zero-order chi connectivity index (χ0) is 26.8. The molecule has 0 amide bonds. The fourth-order valence-electron chi connectivity index (χ4n) is 4.67. The summed E-state index contributed by atoms with van der Waals surface area (Å²) in [6.07, 6.45) is -11.9. The van der Waals surface area contributed by atoms with E-state index < -0.39 is 46.4 Å². The fourth-order valence-corrected chi connectivity index (χ4v) is 5.35. The molecule has 37 heavy (non-hydrogen) atoms. The second kappa shape index (κ2) is 8.36. The maximum absolute atomic E-state index is 14.4. The Bertz CT molecular complexity index is 1630. The molecule has 0 spiro atoms. The number of benzene rings is 1. The Balaban J connectivity index is 1.74. The molecule has 194 valence electrons. The van der Waals surface area contributed by atoms with Crippen LogP contribution in [0.4, 0.5) is 32.2 Å². The van der Waals surface area contributed by atoms with Gasteiger partial charge in [0.25, 0.3) is 11.4 Å². The molecule has 3 aromatic heterocycles. The van der Waals surface area contributed by atoms with Crippen molar-refractivity contribution in [2.75, 3.05) is 5.32 Å². The van der Waals surface area contributed by atoms with Crippen molar-refractivity contribution in [1.82, 2.24) is 14.5 Å². The summed E-state index contributed by atoms with van der Waals surface area (Å²) in [7, 11) is 0. The van der Waals surface area contributed by atoms with Crippen LogP contribution in [-0.4, -0.2) is 32.7 Å². The zero-order valence-electron chi connectivity index (χ0n) is 18.9. The van der Waals surface area contributed by atoms with Gasteiger partial charge in [-0.2, -0.15) is 26.3 Å². The molecule has 0 bridgehead atoms. The van der Waals surface area contributed by atoms with Gasteiger partial charge in [-0.05, 0) is 36.4 Å². The molecule has 0 fully saturated rings. The van der Waals surface area contributed by atoms with Crippen molar-refractivity contribution in [1.29, 1.82) is 0 Å². The van der Waals surface area contributed by atoms with E-state index in [0.29, 0.717) is 4.57 Å². The van der Waals surface area contributed by atoms with Crippen LogP contribution in [0, 0.1) is 6.92 Å². The Hall–Kier alpha value is -3.81. The first kappa shape index (κ1) is 24.9. The number of hydrogen-bond acceptors (Lipinski definition) is 4. The van der Waals surface area contributed by atoms with Crippen molar-refractivity contribution in [2.45, 2.75) is 37.8 Å². The van der Waals surface area contributed by atoms with Gasteiger partial charge < -0.3 is 4.98 Å². The molecule has 0 aliphatic carbocycles. The number of fused-ring (bicyclic) bond motifs is 2. The molecule has 0 radical (unpaired) electrons. The summed E-state index contributed by atoms with van der Waals surface area (Å²) >= 11 is 0.881. The quantitative estimate of drug-likeness (QED) is 0.299. The summed E-state index contributed by atoms with van der Waals surface area (Å²) in [4.78, 5) is 31.8. The van der Waals surface area contributed by atoms with Gasteiger partial charge in [0.2, 0.25) is 5.82 Å². The first-order valence-electron chi connectivity index (χ1n) is 10.9. The van der Waals surface area contributed by atoms with Crippen LogP contribution in [0.25, 0.3) is 10.9 Å². The van der Waals surface area contributed by atoms with Gasteiger partial charge in [0.1, 0.15) is 10.4 Å². The van der Waals surface area contributed by atoms with Crippen LogP contribution in [0.1, 0.15) is 21.7 Å². The number of aromatic amines is 2. The monoisotopic (exact) mass is 542 g/mol. The van der Waals surface area contributed by atoms with Crippen LogP contribution >= 0.6 is 11.3 Å². The van der Waals surface area contributed by atoms with E-state index in [1.165, 1.54) is 22.5 Å². The molecule has 0 unspecified atom stereocenters. The number of thiophene rings is 1. The average molecular weight is 542 g/mol. The van der Waals surface area contributed by atoms with Crippen molar-refractivity contribution in [3.05, 3.63) is 84.3 Å². The van der Waals surface area contributed by atoms with Crippen LogP contribution < -0.4 is 21.6 Å². The van der Waals surface area contributed by atoms with Crippen LogP contribution in [0.15, 0.2) is 51.4 Å². The van der Waals surface area contributed by atoms with E-state index in [9.17, 15) is 35.9 Å². The fraction of sp³-hybridized carbons (Fsp3) is 0.261. The number of nitrogens with zero attached hydrogens (tertiary/aromatic N) is 1. The minimum atomic E-state index is -5.99. The zero-order valence-corrected chi connectivity index (χ0v) is 19.7. The van der Waals surface area contributed by atoms with Crippen LogP contribution in [0.5, 0.6) is 0 Å². The van der Waals surface area contributed by atoms with E-state index >= 15 is 0 Å². The number of H-pyrrole nitrogens is 2. The highest BCUT2D eigenvalue weighted by atomic mass is 32.1. The second-order valence-corrected chi connectivity index (χ2v) is 9.45. The number of amidine groups is 1. The smallest absolute Gasteiger partial charge is 0.358 e. The molecule has 0 saturated carbocycles. The molecular formula is C23H18F6N5O2S+. The van der Waals surface area contributed by atoms with Gasteiger partial charge in [-0.15, -0.1) is 11.3 Å². The number of halogens is 6. The molecule has 1 aromatic carbocycles. The minimum Gasteiger partial charge on any atom is -0.358 e. The first-order chi connectivity index (χ1) is 17.3. The van der Waals surface area contributed by atoms with E-state index in [2.05, 4.69) is 10.3 Å². The first-order valence-corrected chi connectivity index (χ1v) is 11.8. The number of para-hydroxylation sites is 1. The van der Waals surface area contributed by atoms with Crippen LogP contribution in [-0.2, 0) is 18.5 Å². The molecule has 1 aliphatic heterocycles. The van der Waals surface area contributed by atoms with E-state index in [1.807, 2.05) is 12.1 Å². The predicted molar refractivity (Wildman–Crippen MR) is 125 cm³/mol. The van der Waals surface area contributed by atoms with E-state index in [-0.39, 0.29) is 17.8 Å². The molecule has 5 rings (SSSR count). The highest BCUT2D eigenvalue weighted by Crippen LogP contribution is 2.48. The summed E-state index contributed by atoms with van der Waals surface area (Å²) in [5.41, 5.74) is -7.12. The molecule has 0 atom stereocenters.